The number of nitrogens with zero attached hydrogens (tertiary/aromatic N) is 6. The maximum atomic E-state index is 12.4. The molecular formula is C24H36N6O. The van der Waals surface area contributed by atoms with Gasteiger partial charge in [0.15, 0.2) is 0 Å². The van der Waals surface area contributed by atoms with Crippen LogP contribution in [0, 0.1) is 6.92 Å². The quantitative estimate of drug-likeness (QED) is 0.540. The Balaban J connectivity index is 1.49. The second kappa shape index (κ2) is 11.7. The van der Waals surface area contributed by atoms with E-state index in [1.807, 2.05) is 24.9 Å². The maximum absolute atomic E-state index is 12.4. The van der Waals surface area contributed by atoms with E-state index in [2.05, 4.69) is 26.4 Å². The minimum absolute atomic E-state index is 0.104. The van der Waals surface area contributed by atoms with Gasteiger partial charge >= 0.3 is 0 Å². The Labute approximate surface area is 186 Å². The molecule has 0 aromatic carbocycles. The summed E-state index contributed by atoms with van der Waals surface area (Å²) < 4.78 is 0. The first kappa shape index (κ1) is 23.1. The largest absolute Gasteiger partial charge is 0.342 e. The number of hydrogen-bond donors (Lipinski definition) is 0. The maximum Gasteiger partial charge on any atom is 0.226 e. The van der Waals surface area contributed by atoms with Gasteiger partial charge in [0, 0.05) is 76.0 Å². The molecule has 1 amide bonds. The van der Waals surface area contributed by atoms with Crippen LogP contribution in [0.5, 0.6) is 0 Å². The van der Waals surface area contributed by atoms with E-state index in [1.54, 1.807) is 24.6 Å². The summed E-state index contributed by atoms with van der Waals surface area (Å²) in [6.07, 6.45) is 13.8. The number of aryl methyl sites for hydroxylation is 1. The summed E-state index contributed by atoms with van der Waals surface area (Å²) in [5, 5.41) is 0. The summed E-state index contributed by atoms with van der Waals surface area (Å²) >= 11 is 0. The van der Waals surface area contributed by atoms with E-state index >= 15 is 0 Å². The van der Waals surface area contributed by atoms with E-state index in [1.165, 1.54) is 19.3 Å². The lowest BCUT2D eigenvalue weighted by atomic mass is 9.91. The SMILES string of the molecule is C=CC=N/C=C\CC(=O)N(CC)CCc1cnc(N2CCN(C3CCC3)CC2)nc1C. The van der Waals surface area contributed by atoms with Crippen LogP contribution < -0.4 is 4.90 Å². The van der Waals surface area contributed by atoms with E-state index in [0.717, 1.165) is 55.8 Å². The Bertz CT molecular complexity index is 793. The first-order chi connectivity index (χ1) is 15.1. The minimum atomic E-state index is 0.104. The van der Waals surface area contributed by atoms with Gasteiger partial charge in [0.25, 0.3) is 0 Å². The topological polar surface area (TPSA) is 64.9 Å². The molecule has 7 heteroatoms. The van der Waals surface area contributed by atoms with Crippen molar-refractivity contribution in [3.8, 4) is 0 Å². The summed E-state index contributed by atoms with van der Waals surface area (Å²) in [5.74, 6) is 0.940. The van der Waals surface area contributed by atoms with E-state index < -0.39 is 0 Å². The first-order valence-electron chi connectivity index (χ1n) is 11.5. The molecule has 1 aromatic rings. The average molecular weight is 425 g/mol. The molecule has 0 bridgehead atoms. The molecule has 0 spiro atoms. The van der Waals surface area contributed by atoms with Crippen LogP contribution in [0.25, 0.3) is 0 Å². The fourth-order valence-electron chi connectivity index (χ4n) is 4.09. The molecule has 1 aromatic heterocycles. The number of rotatable bonds is 10. The third-order valence-corrected chi connectivity index (χ3v) is 6.32. The lowest BCUT2D eigenvalue weighted by Gasteiger charge is -2.42. The van der Waals surface area contributed by atoms with Gasteiger partial charge in [-0.05, 0) is 38.7 Å². The number of anilines is 1. The lowest BCUT2D eigenvalue weighted by molar-refractivity contribution is -0.130. The molecule has 31 heavy (non-hydrogen) atoms. The summed E-state index contributed by atoms with van der Waals surface area (Å²) in [6.45, 7) is 13.2. The van der Waals surface area contributed by atoms with Gasteiger partial charge in [-0.3, -0.25) is 14.7 Å². The number of carbonyl (C=O) groups is 1. The summed E-state index contributed by atoms with van der Waals surface area (Å²) in [5.41, 5.74) is 2.11. The van der Waals surface area contributed by atoms with E-state index in [-0.39, 0.29) is 5.91 Å². The smallest absolute Gasteiger partial charge is 0.226 e. The van der Waals surface area contributed by atoms with Gasteiger partial charge in [0.1, 0.15) is 0 Å². The van der Waals surface area contributed by atoms with Crippen molar-refractivity contribution < 1.29 is 4.79 Å². The number of aliphatic imine (C=N–C) groups is 1. The average Bonchev–Trinajstić information content (AvgIpc) is 2.74. The summed E-state index contributed by atoms with van der Waals surface area (Å²) in [6, 6.07) is 0.812. The van der Waals surface area contributed by atoms with Gasteiger partial charge in [-0.1, -0.05) is 25.2 Å². The third kappa shape index (κ3) is 6.47. The summed E-state index contributed by atoms with van der Waals surface area (Å²) in [4.78, 5) is 32.7. The molecule has 2 aliphatic rings. The van der Waals surface area contributed by atoms with Crippen LogP contribution in [0.15, 0.2) is 36.1 Å². The molecule has 1 aliphatic carbocycles. The fraction of sp³-hybridized carbons (Fsp3) is 0.583. The molecule has 1 aliphatic heterocycles. The van der Waals surface area contributed by atoms with Gasteiger partial charge in [0.05, 0.1) is 0 Å². The van der Waals surface area contributed by atoms with Gasteiger partial charge < -0.3 is 9.80 Å². The van der Waals surface area contributed by atoms with Crippen LogP contribution in [0.2, 0.25) is 0 Å². The van der Waals surface area contributed by atoms with Crippen molar-refractivity contribution in [1.29, 1.82) is 0 Å². The second-order valence-electron chi connectivity index (χ2n) is 8.23. The molecule has 168 valence electrons. The third-order valence-electron chi connectivity index (χ3n) is 6.32. The molecule has 2 fully saturated rings. The Morgan fingerprint density at radius 2 is 2.10 bits per heavy atom. The number of aromatic nitrogens is 2. The Morgan fingerprint density at radius 1 is 1.32 bits per heavy atom. The predicted octanol–water partition coefficient (Wildman–Crippen LogP) is 3.01. The van der Waals surface area contributed by atoms with Crippen molar-refractivity contribution in [2.45, 2.75) is 52.0 Å². The van der Waals surface area contributed by atoms with Crippen LogP contribution in [0.1, 0.15) is 43.9 Å². The van der Waals surface area contributed by atoms with Crippen LogP contribution in [-0.2, 0) is 11.2 Å². The van der Waals surface area contributed by atoms with Crippen molar-refractivity contribution in [2.75, 3.05) is 44.2 Å². The normalized spacial score (nSPS) is 17.9. The number of amides is 1. The van der Waals surface area contributed by atoms with E-state index in [4.69, 9.17) is 4.98 Å². The van der Waals surface area contributed by atoms with E-state index in [9.17, 15) is 4.79 Å². The standard InChI is InChI=1S/C24H36N6O/c1-4-12-25-13-7-10-23(31)28(5-2)14-11-21-19-26-24(27-20(21)3)30-17-15-29(16-18-30)22-8-6-9-22/h4,7,12-13,19,22H,1,5-6,8-11,14-18H2,2-3H3/b13-7-,25-12?. The lowest BCUT2D eigenvalue weighted by Crippen LogP contribution is -2.52. The highest BCUT2D eigenvalue weighted by atomic mass is 16.2. The van der Waals surface area contributed by atoms with Gasteiger partial charge in [-0.25, -0.2) is 9.97 Å². The molecule has 1 saturated heterocycles. The van der Waals surface area contributed by atoms with Crippen molar-refractivity contribution in [1.82, 2.24) is 19.8 Å². The number of hydrogen-bond acceptors (Lipinski definition) is 6. The van der Waals surface area contributed by atoms with Crippen molar-refractivity contribution in [3.63, 3.8) is 0 Å². The highest BCUT2D eigenvalue weighted by Crippen LogP contribution is 2.26. The van der Waals surface area contributed by atoms with Crippen LogP contribution >= 0.6 is 0 Å². The molecule has 3 rings (SSSR count). The van der Waals surface area contributed by atoms with Gasteiger partial charge in [-0.15, -0.1) is 0 Å². The monoisotopic (exact) mass is 424 g/mol. The second-order valence-corrected chi connectivity index (χ2v) is 8.23. The zero-order valence-electron chi connectivity index (χ0n) is 19.0. The molecule has 0 N–H and O–H groups in total. The van der Waals surface area contributed by atoms with Crippen molar-refractivity contribution >= 4 is 18.1 Å². The van der Waals surface area contributed by atoms with Gasteiger partial charge in [-0.2, -0.15) is 0 Å². The number of likely N-dealkylation sites (N-methyl/N-ethyl adjacent to an activating group) is 1. The Hall–Kier alpha value is -2.54. The predicted molar refractivity (Wildman–Crippen MR) is 127 cm³/mol. The highest BCUT2D eigenvalue weighted by Gasteiger charge is 2.28. The van der Waals surface area contributed by atoms with Crippen molar-refractivity contribution in [2.24, 2.45) is 4.99 Å². The van der Waals surface area contributed by atoms with E-state index in [0.29, 0.717) is 19.5 Å². The minimum Gasteiger partial charge on any atom is -0.342 e. The van der Waals surface area contributed by atoms with Crippen LogP contribution in [0.3, 0.4) is 0 Å². The van der Waals surface area contributed by atoms with Crippen LogP contribution in [0.4, 0.5) is 5.95 Å². The number of piperazine rings is 1. The molecule has 2 heterocycles. The summed E-state index contributed by atoms with van der Waals surface area (Å²) in [7, 11) is 0. The molecule has 0 atom stereocenters. The Kier molecular flexibility index (Phi) is 8.76. The Morgan fingerprint density at radius 3 is 2.71 bits per heavy atom. The molecule has 1 saturated carbocycles. The zero-order valence-corrected chi connectivity index (χ0v) is 19.0. The fourth-order valence-corrected chi connectivity index (χ4v) is 4.09. The number of allylic oxidation sites excluding steroid dienone is 1. The molecular weight excluding hydrogens is 388 g/mol. The van der Waals surface area contributed by atoms with Crippen molar-refractivity contribution in [3.05, 3.63) is 42.4 Å². The highest BCUT2D eigenvalue weighted by molar-refractivity contribution is 5.77. The van der Waals surface area contributed by atoms with Crippen LogP contribution in [-0.4, -0.2) is 77.2 Å². The molecule has 7 nitrogen and oxygen atoms in total. The first-order valence-corrected chi connectivity index (χ1v) is 11.5. The zero-order chi connectivity index (χ0) is 22.1. The number of carbonyl (C=O) groups excluding carboxylic acids is 1. The van der Waals surface area contributed by atoms with Gasteiger partial charge in [0.2, 0.25) is 11.9 Å². The molecule has 0 radical (unpaired) electrons. The molecule has 0 unspecified atom stereocenters.